The van der Waals surface area contributed by atoms with E-state index < -0.39 is 23.2 Å². The van der Waals surface area contributed by atoms with Crippen LogP contribution in [0.1, 0.15) is 11.1 Å². The molecular weight excluding hydrogens is 332 g/mol. The first kappa shape index (κ1) is 19.0. The highest BCUT2D eigenvalue weighted by Crippen LogP contribution is 2.35. The number of hydrogen-bond donors (Lipinski definition) is 3. The molecule has 0 amide bonds. The molecule has 2 rings (SSSR count). The van der Waals surface area contributed by atoms with Gasteiger partial charge in [-0.05, 0) is 17.7 Å². The zero-order chi connectivity index (χ0) is 18.3. The maximum Gasteiger partial charge on any atom is 0.345 e. The molecule has 0 heterocycles. The third-order valence-corrected chi connectivity index (χ3v) is 3.64. The normalized spacial score (nSPS) is 13.4. The molecular formula is C18H19F2NO4. The molecule has 3 N–H and O–H groups in total. The molecule has 0 saturated carbocycles. The highest BCUT2D eigenvalue weighted by Gasteiger charge is 2.44. The summed E-state index contributed by atoms with van der Waals surface area (Å²) in [5.41, 5.74) is -1.95. The average Bonchev–Trinajstić information content (AvgIpc) is 2.58. The van der Waals surface area contributed by atoms with E-state index in [4.69, 9.17) is 9.84 Å². The lowest BCUT2D eigenvalue weighted by Gasteiger charge is -2.31. The van der Waals surface area contributed by atoms with Gasteiger partial charge in [0, 0.05) is 24.7 Å². The van der Waals surface area contributed by atoms with Gasteiger partial charge in [-0.1, -0.05) is 30.3 Å². The van der Waals surface area contributed by atoms with Gasteiger partial charge in [-0.15, -0.1) is 0 Å². The fourth-order valence-corrected chi connectivity index (χ4v) is 2.55. The van der Waals surface area contributed by atoms with E-state index in [0.717, 1.165) is 12.1 Å². The molecule has 0 aliphatic rings. The predicted molar refractivity (Wildman–Crippen MR) is 87.1 cm³/mol. The van der Waals surface area contributed by atoms with Crippen LogP contribution in [0.5, 0.6) is 0 Å². The molecule has 0 aromatic heterocycles. The number of nitrogens with one attached hydrogen (secondary N) is 1. The van der Waals surface area contributed by atoms with Crippen molar-refractivity contribution in [1.82, 2.24) is 5.32 Å². The molecule has 5 nitrogen and oxygen atoms in total. The minimum Gasteiger partial charge on any atom is -0.479 e. The van der Waals surface area contributed by atoms with Gasteiger partial charge in [0.15, 0.2) is 0 Å². The summed E-state index contributed by atoms with van der Waals surface area (Å²) >= 11 is 0. The first-order chi connectivity index (χ1) is 12.0. The maximum absolute atomic E-state index is 13.7. The maximum atomic E-state index is 13.7. The molecule has 0 radical (unpaired) electrons. The van der Waals surface area contributed by atoms with Gasteiger partial charge in [0.05, 0.1) is 13.2 Å². The Morgan fingerprint density at radius 2 is 1.68 bits per heavy atom. The van der Waals surface area contributed by atoms with Crippen LogP contribution in [0.4, 0.5) is 8.78 Å². The topological polar surface area (TPSA) is 78.8 Å². The van der Waals surface area contributed by atoms with Gasteiger partial charge < -0.3 is 20.3 Å². The molecule has 0 saturated heterocycles. The second-order valence-corrected chi connectivity index (χ2v) is 5.33. The molecule has 2 aromatic carbocycles. The highest BCUT2D eigenvalue weighted by atomic mass is 19.1. The minimum absolute atomic E-state index is 0.0423. The summed E-state index contributed by atoms with van der Waals surface area (Å²) in [6.07, 6.45) is 0. The van der Waals surface area contributed by atoms with Crippen LogP contribution in [0.3, 0.4) is 0 Å². The molecule has 0 aliphatic heterocycles. The predicted octanol–water partition coefficient (Wildman–Crippen LogP) is 1.89. The smallest absolute Gasteiger partial charge is 0.345 e. The number of aliphatic hydroxyl groups is 1. The number of hydrogen-bond acceptors (Lipinski definition) is 4. The Morgan fingerprint density at radius 3 is 2.24 bits per heavy atom. The van der Waals surface area contributed by atoms with Crippen LogP contribution in [-0.2, 0) is 15.1 Å². The van der Waals surface area contributed by atoms with E-state index in [1.54, 1.807) is 18.2 Å². The number of aliphatic hydroxyl groups excluding tert-OH is 1. The molecule has 0 bridgehead atoms. The average molecular weight is 351 g/mol. The van der Waals surface area contributed by atoms with Crippen molar-refractivity contribution in [2.45, 2.75) is 5.60 Å². The Morgan fingerprint density at radius 1 is 1.04 bits per heavy atom. The number of rotatable bonds is 9. The molecule has 25 heavy (non-hydrogen) atoms. The van der Waals surface area contributed by atoms with E-state index in [0.29, 0.717) is 12.6 Å². The van der Waals surface area contributed by atoms with E-state index in [1.165, 1.54) is 12.1 Å². The number of halogens is 2. The van der Waals surface area contributed by atoms with Gasteiger partial charge in [-0.3, -0.25) is 0 Å². The van der Waals surface area contributed by atoms with Crippen molar-refractivity contribution in [2.75, 3.05) is 26.3 Å². The Kier molecular flexibility index (Phi) is 6.58. The molecule has 0 spiro atoms. The van der Waals surface area contributed by atoms with Crippen molar-refractivity contribution in [3.63, 3.8) is 0 Å². The number of carboxylic acid groups (broad SMARTS) is 1. The van der Waals surface area contributed by atoms with E-state index in [9.17, 15) is 18.7 Å². The molecule has 1 atom stereocenters. The minimum atomic E-state index is -2.05. The van der Waals surface area contributed by atoms with E-state index in [2.05, 4.69) is 5.32 Å². The zero-order valence-electron chi connectivity index (χ0n) is 13.4. The SMILES string of the molecule is O=C(O)C(OCCNCCO)(c1ccccc1)c1cc(F)cc(F)c1. The first-order valence-electron chi connectivity index (χ1n) is 7.71. The first-order valence-corrected chi connectivity index (χ1v) is 7.71. The number of aliphatic carboxylic acids is 1. The molecule has 0 aliphatic carbocycles. The zero-order valence-corrected chi connectivity index (χ0v) is 13.4. The van der Waals surface area contributed by atoms with Crippen LogP contribution >= 0.6 is 0 Å². The van der Waals surface area contributed by atoms with E-state index in [1.807, 2.05) is 0 Å². The molecule has 0 fully saturated rings. The summed E-state index contributed by atoms with van der Waals surface area (Å²) in [5.74, 6) is -3.16. The van der Waals surface area contributed by atoms with Crippen molar-refractivity contribution in [1.29, 1.82) is 0 Å². The number of benzene rings is 2. The van der Waals surface area contributed by atoms with E-state index in [-0.39, 0.29) is 30.9 Å². The van der Waals surface area contributed by atoms with Crippen LogP contribution in [0, 0.1) is 11.6 Å². The fourth-order valence-electron chi connectivity index (χ4n) is 2.55. The summed E-state index contributed by atoms with van der Waals surface area (Å²) in [4.78, 5) is 12.1. The van der Waals surface area contributed by atoms with E-state index >= 15 is 0 Å². The van der Waals surface area contributed by atoms with Crippen molar-refractivity contribution in [3.05, 3.63) is 71.3 Å². The monoisotopic (exact) mass is 351 g/mol. The van der Waals surface area contributed by atoms with Gasteiger partial charge in [-0.25, -0.2) is 13.6 Å². The Bertz CT molecular complexity index is 691. The van der Waals surface area contributed by atoms with Gasteiger partial charge >= 0.3 is 5.97 Å². The van der Waals surface area contributed by atoms with Crippen molar-refractivity contribution >= 4 is 5.97 Å². The standard InChI is InChI=1S/C18H19F2NO4/c19-15-10-14(11-16(20)12-15)18(17(23)24,13-4-2-1-3-5-13)25-9-7-21-6-8-22/h1-5,10-12,21-22H,6-9H2,(H,23,24). The van der Waals surface area contributed by atoms with Gasteiger partial charge in [0.25, 0.3) is 0 Å². The Labute approximate surface area is 143 Å². The summed E-state index contributed by atoms with van der Waals surface area (Å²) in [6, 6.07) is 10.6. The number of carbonyl (C=O) groups is 1. The summed E-state index contributed by atoms with van der Waals surface area (Å²) in [7, 11) is 0. The van der Waals surface area contributed by atoms with Gasteiger partial charge in [0.1, 0.15) is 11.6 Å². The second-order valence-electron chi connectivity index (χ2n) is 5.33. The van der Waals surface area contributed by atoms with Crippen LogP contribution in [0.15, 0.2) is 48.5 Å². The summed E-state index contributed by atoms with van der Waals surface area (Å²) in [6.45, 7) is 0.473. The molecule has 134 valence electrons. The molecule has 1 unspecified atom stereocenters. The Hall–Kier alpha value is -2.35. The number of carboxylic acids is 1. The largest absolute Gasteiger partial charge is 0.479 e. The van der Waals surface area contributed by atoms with Crippen LogP contribution < -0.4 is 5.32 Å². The van der Waals surface area contributed by atoms with Crippen LogP contribution in [-0.4, -0.2) is 42.5 Å². The quantitative estimate of drug-likeness (QED) is 0.602. The van der Waals surface area contributed by atoms with Crippen molar-refractivity contribution < 1.29 is 28.5 Å². The van der Waals surface area contributed by atoms with Crippen molar-refractivity contribution in [3.8, 4) is 0 Å². The van der Waals surface area contributed by atoms with Gasteiger partial charge in [0.2, 0.25) is 5.60 Å². The third-order valence-electron chi connectivity index (χ3n) is 3.64. The number of ether oxygens (including phenoxy) is 1. The van der Waals surface area contributed by atoms with Gasteiger partial charge in [-0.2, -0.15) is 0 Å². The lowest BCUT2D eigenvalue weighted by molar-refractivity contribution is -0.161. The third kappa shape index (κ3) is 4.39. The summed E-state index contributed by atoms with van der Waals surface area (Å²) in [5, 5.41) is 21.5. The summed E-state index contributed by atoms with van der Waals surface area (Å²) < 4.78 is 33.0. The second kappa shape index (κ2) is 8.66. The highest BCUT2D eigenvalue weighted by molar-refractivity contribution is 5.84. The van der Waals surface area contributed by atoms with Crippen LogP contribution in [0.25, 0.3) is 0 Å². The lowest BCUT2D eigenvalue weighted by atomic mass is 9.86. The Balaban J connectivity index is 2.46. The fraction of sp³-hybridized carbons (Fsp3) is 0.278. The molecule has 7 heteroatoms. The van der Waals surface area contributed by atoms with Crippen molar-refractivity contribution in [2.24, 2.45) is 0 Å². The lowest BCUT2D eigenvalue weighted by Crippen LogP contribution is -2.42. The van der Waals surface area contributed by atoms with Crippen LogP contribution in [0.2, 0.25) is 0 Å². The molecule has 2 aromatic rings.